The summed E-state index contributed by atoms with van der Waals surface area (Å²) < 4.78 is 4.50. The van der Waals surface area contributed by atoms with Gasteiger partial charge in [-0.25, -0.2) is 9.69 Å². The lowest BCUT2D eigenvalue weighted by Gasteiger charge is -2.16. The highest BCUT2D eigenvalue weighted by Crippen LogP contribution is 2.41. The summed E-state index contributed by atoms with van der Waals surface area (Å²) in [5, 5.41) is 13.8. The third-order valence-corrected chi connectivity index (χ3v) is 9.58. The largest absolute Gasteiger partial charge is 0.309 e. The molecule has 0 fully saturated rings. The fourth-order valence-corrected chi connectivity index (χ4v) is 7.37. The monoisotopic (exact) mass is 635 g/mol. The Balaban J connectivity index is 1.23. The quantitative estimate of drug-likeness (QED) is 0.177. The van der Waals surface area contributed by atoms with E-state index in [1.807, 2.05) is 66.7 Å². The van der Waals surface area contributed by atoms with Gasteiger partial charge in [0.05, 0.1) is 52.5 Å². The summed E-state index contributed by atoms with van der Waals surface area (Å²) in [6, 6.07) is 53.4. The normalized spacial score (nSPS) is 11.1. The van der Waals surface area contributed by atoms with Crippen molar-refractivity contribution in [1.29, 1.82) is 5.26 Å². The summed E-state index contributed by atoms with van der Waals surface area (Å²) in [7, 11) is 0. The first-order chi connectivity index (χ1) is 24.7. The second kappa shape index (κ2) is 11.4. The first-order valence-electron chi connectivity index (χ1n) is 16.2. The Morgan fingerprint density at radius 3 is 1.88 bits per heavy atom. The fraction of sp³-hybridized carbons (Fsp3) is 0. The number of hydrogen-bond donors (Lipinski definition) is 0. The molecule has 0 saturated carbocycles. The van der Waals surface area contributed by atoms with Gasteiger partial charge in [-0.05, 0) is 88.8 Å². The van der Waals surface area contributed by atoms with Gasteiger partial charge in [-0.1, -0.05) is 84.9 Å². The molecule has 0 aliphatic rings. The molecular formula is C45H25N5. The van der Waals surface area contributed by atoms with Gasteiger partial charge in [0.2, 0.25) is 0 Å². The van der Waals surface area contributed by atoms with Gasteiger partial charge in [0.1, 0.15) is 0 Å². The van der Waals surface area contributed by atoms with Crippen LogP contribution >= 0.6 is 0 Å². The van der Waals surface area contributed by atoms with Crippen LogP contribution in [0.4, 0.5) is 11.4 Å². The number of fused-ring (bicyclic) bond motifs is 6. The fourth-order valence-electron chi connectivity index (χ4n) is 7.37. The first kappa shape index (κ1) is 28.8. The molecule has 0 atom stereocenters. The minimum absolute atomic E-state index is 0.574. The van der Waals surface area contributed by atoms with E-state index in [0.717, 1.165) is 77.2 Å². The molecular weight excluding hydrogens is 611 g/mol. The minimum Gasteiger partial charge on any atom is -0.309 e. The summed E-state index contributed by atoms with van der Waals surface area (Å²) in [6.07, 6.45) is 0. The van der Waals surface area contributed by atoms with Crippen LogP contribution in [0.3, 0.4) is 0 Å². The van der Waals surface area contributed by atoms with E-state index >= 15 is 0 Å². The SMILES string of the molecule is [C-]#[N+]c1ccc2c(c1)c1ccccc1n2-c1ccccc1-c1cccc(-c2cc(-n3c4ccccc4c4cc(C#N)ccc43)ccc2[N+]#[C-])c1. The van der Waals surface area contributed by atoms with Crippen molar-refractivity contribution in [2.75, 3.05) is 0 Å². The zero-order valence-electron chi connectivity index (χ0n) is 26.7. The van der Waals surface area contributed by atoms with Crippen molar-refractivity contribution >= 4 is 55.0 Å². The maximum absolute atomic E-state index is 9.61. The number of hydrogen-bond acceptors (Lipinski definition) is 1. The number of para-hydroxylation sites is 3. The zero-order valence-corrected chi connectivity index (χ0v) is 26.7. The number of nitrogens with zero attached hydrogens (tertiary/aromatic N) is 5. The highest BCUT2D eigenvalue weighted by atomic mass is 15.0. The lowest BCUT2D eigenvalue weighted by molar-refractivity contribution is 1.18. The van der Waals surface area contributed by atoms with E-state index in [1.54, 1.807) is 0 Å². The Morgan fingerprint density at radius 1 is 0.480 bits per heavy atom. The van der Waals surface area contributed by atoms with Gasteiger partial charge in [-0.15, -0.1) is 0 Å². The third kappa shape index (κ3) is 4.38. The minimum atomic E-state index is 0.574. The van der Waals surface area contributed by atoms with Crippen LogP contribution in [0.25, 0.3) is 86.9 Å². The molecule has 0 aliphatic carbocycles. The second-order valence-electron chi connectivity index (χ2n) is 12.3. The predicted octanol–water partition coefficient (Wildman–Crippen LogP) is 12.2. The van der Waals surface area contributed by atoms with Crippen molar-refractivity contribution in [3.63, 3.8) is 0 Å². The molecule has 0 bridgehead atoms. The van der Waals surface area contributed by atoms with Crippen molar-refractivity contribution in [2.24, 2.45) is 0 Å². The average molecular weight is 636 g/mol. The van der Waals surface area contributed by atoms with Crippen LogP contribution < -0.4 is 0 Å². The lowest BCUT2D eigenvalue weighted by atomic mass is 9.96. The number of benzene rings is 7. The second-order valence-corrected chi connectivity index (χ2v) is 12.3. The van der Waals surface area contributed by atoms with E-state index in [1.165, 1.54) is 0 Å². The molecule has 5 nitrogen and oxygen atoms in total. The average Bonchev–Trinajstić information content (AvgIpc) is 3.69. The van der Waals surface area contributed by atoms with E-state index in [-0.39, 0.29) is 0 Å². The molecule has 0 N–H and O–H groups in total. The summed E-state index contributed by atoms with van der Waals surface area (Å²) >= 11 is 0. The molecule has 0 radical (unpaired) electrons. The van der Waals surface area contributed by atoms with E-state index in [0.29, 0.717) is 16.9 Å². The zero-order chi connectivity index (χ0) is 33.8. The topological polar surface area (TPSA) is 42.4 Å². The molecule has 2 heterocycles. The van der Waals surface area contributed by atoms with Crippen molar-refractivity contribution < 1.29 is 0 Å². The third-order valence-electron chi connectivity index (χ3n) is 9.58. The van der Waals surface area contributed by atoms with Crippen LogP contribution in [0, 0.1) is 24.5 Å². The van der Waals surface area contributed by atoms with Gasteiger partial charge >= 0.3 is 0 Å². The van der Waals surface area contributed by atoms with Crippen molar-refractivity contribution in [2.45, 2.75) is 0 Å². The Labute approximate surface area is 288 Å². The highest BCUT2D eigenvalue weighted by molar-refractivity contribution is 6.11. The molecule has 5 heteroatoms. The van der Waals surface area contributed by atoms with Crippen LogP contribution in [0.5, 0.6) is 0 Å². The van der Waals surface area contributed by atoms with Gasteiger partial charge in [-0.3, -0.25) is 0 Å². The molecule has 2 aromatic heterocycles. The Bertz CT molecular complexity index is 2970. The summed E-state index contributed by atoms with van der Waals surface area (Å²) in [5.74, 6) is 0. The molecule has 9 rings (SSSR count). The molecule has 7 aromatic carbocycles. The maximum Gasteiger partial charge on any atom is 0.195 e. The number of aromatic nitrogens is 2. The van der Waals surface area contributed by atoms with Gasteiger partial charge in [-0.2, -0.15) is 5.26 Å². The molecule has 0 amide bonds. The summed E-state index contributed by atoms with van der Waals surface area (Å²) in [4.78, 5) is 7.63. The Kier molecular flexibility index (Phi) is 6.56. The molecule has 0 unspecified atom stereocenters. The molecule has 230 valence electrons. The van der Waals surface area contributed by atoms with Crippen molar-refractivity contribution in [1.82, 2.24) is 9.13 Å². The standard InChI is InChI=1S/C45H25N5/c1-47-32-19-23-45-39(26-32)36-14-5-8-17-43(36)50(45)41-15-6-3-12-34(41)30-10-9-11-31(25-30)37-27-33(20-21-40(37)48-2)49-42-16-7-4-13-35(42)38-24-29(28-46)18-22-44(38)49/h3-27H. The van der Waals surface area contributed by atoms with Crippen LogP contribution in [0.1, 0.15) is 5.56 Å². The van der Waals surface area contributed by atoms with Gasteiger partial charge < -0.3 is 9.13 Å². The number of nitriles is 1. The Hall–Kier alpha value is -7.39. The Morgan fingerprint density at radius 2 is 1.12 bits per heavy atom. The summed E-state index contributed by atoms with van der Waals surface area (Å²) in [5.41, 5.74) is 11.8. The van der Waals surface area contributed by atoms with Gasteiger partial charge in [0, 0.05) is 27.4 Å². The van der Waals surface area contributed by atoms with E-state index in [4.69, 9.17) is 13.1 Å². The smallest absolute Gasteiger partial charge is 0.195 e. The first-order valence-corrected chi connectivity index (χ1v) is 16.2. The molecule has 50 heavy (non-hydrogen) atoms. The van der Waals surface area contributed by atoms with Crippen LogP contribution in [-0.2, 0) is 0 Å². The highest BCUT2D eigenvalue weighted by Gasteiger charge is 2.18. The molecule has 0 aliphatic heterocycles. The van der Waals surface area contributed by atoms with Crippen LogP contribution in [-0.4, -0.2) is 9.13 Å². The van der Waals surface area contributed by atoms with E-state index < -0.39 is 0 Å². The maximum atomic E-state index is 9.61. The van der Waals surface area contributed by atoms with Crippen LogP contribution in [0.2, 0.25) is 0 Å². The molecule has 0 spiro atoms. The predicted molar refractivity (Wildman–Crippen MR) is 203 cm³/mol. The van der Waals surface area contributed by atoms with E-state index in [2.05, 4.69) is 110 Å². The van der Waals surface area contributed by atoms with Crippen molar-refractivity contribution in [3.05, 3.63) is 180 Å². The van der Waals surface area contributed by atoms with Gasteiger partial charge in [0.15, 0.2) is 11.4 Å². The van der Waals surface area contributed by atoms with Crippen LogP contribution in [0.15, 0.2) is 152 Å². The molecule has 9 aromatic rings. The number of rotatable bonds is 4. The molecule has 0 saturated heterocycles. The summed E-state index contributed by atoms with van der Waals surface area (Å²) in [6.45, 7) is 15.7. The van der Waals surface area contributed by atoms with Crippen molar-refractivity contribution in [3.8, 4) is 39.7 Å². The van der Waals surface area contributed by atoms with Gasteiger partial charge in [0.25, 0.3) is 0 Å². The lowest BCUT2D eigenvalue weighted by Crippen LogP contribution is -1.97. The van der Waals surface area contributed by atoms with E-state index in [9.17, 15) is 5.26 Å².